The maximum atomic E-state index is 12.8. The number of hydrogen-bond donors (Lipinski definition) is 3. The van der Waals surface area contributed by atoms with Crippen LogP contribution in [0.2, 0.25) is 0 Å². The summed E-state index contributed by atoms with van der Waals surface area (Å²) in [7, 11) is -3.88. The molecule has 10 heteroatoms. The summed E-state index contributed by atoms with van der Waals surface area (Å²) < 4.78 is 32.5. The summed E-state index contributed by atoms with van der Waals surface area (Å²) in [6, 6.07) is 5.69. The summed E-state index contributed by atoms with van der Waals surface area (Å²) >= 11 is 0. The van der Waals surface area contributed by atoms with Crippen molar-refractivity contribution in [2.75, 3.05) is 10.0 Å². The number of carbonyl (C=O) groups excluding carboxylic acids is 1. The summed E-state index contributed by atoms with van der Waals surface area (Å²) in [4.78, 5) is 24.4. The van der Waals surface area contributed by atoms with E-state index in [2.05, 4.69) is 15.2 Å². The minimum atomic E-state index is -3.88. The number of anilines is 2. The molecule has 2 aliphatic rings. The Morgan fingerprint density at radius 1 is 1.10 bits per heavy atom. The SMILES string of the molecule is Cc1noc(NS(=O)(=O)c2ccc(NC(=O)[C@H]3[C@H]4CC[C@@H](C4)[C@@H]3C(=O)O)cc2)c1C. The van der Waals surface area contributed by atoms with Gasteiger partial charge in [-0.2, -0.15) is 0 Å². The maximum absolute atomic E-state index is 12.8. The fourth-order valence-corrected chi connectivity index (χ4v) is 5.71. The lowest BCUT2D eigenvalue weighted by atomic mass is 9.78. The predicted octanol–water partition coefficient (Wildman–Crippen LogP) is 2.78. The van der Waals surface area contributed by atoms with Gasteiger partial charge in [0, 0.05) is 11.3 Å². The monoisotopic (exact) mass is 433 g/mol. The molecule has 2 saturated carbocycles. The van der Waals surface area contributed by atoms with Crippen LogP contribution in [0.3, 0.4) is 0 Å². The van der Waals surface area contributed by atoms with Crippen LogP contribution in [0.4, 0.5) is 11.6 Å². The molecular weight excluding hydrogens is 410 g/mol. The van der Waals surface area contributed by atoms with E-state index in [1.54, 1.807) is 13.8 Å². The quantitative estimate of drug-likeness (QED) is 0.636. The summed E-state index contributed by atoms with van der Waals surface area (Å²) in [5.74, 6) is -2.24. The van der Waals surface area contributed by atoms with Crippen LogP contribution in [0.15, 0.2) is 33.7 Å². The third-order valence-electron chi connectivity index (χ3n) is 6.32. The third kappa shape index (κ3) is 3.55. The van der Waals surface area contributed by atoms with Gasteiger partial charge in [-0.15, -0.1) is 0 Å². The number of aliphatic carboxylic acids is 1. The molecular formula is C20H23N3O6S. The van der Waals surface area contributed by atoms with Crippen LogP contribution in [0.25, 0.3) is 0 Å². The highest BCUT2D eigenvalue weighted by Crippen LogP contribution is 2.52. The van der Waals surface area contributed by atoms with Gasteiger partial charge in [0.1, 0.15) is 0 Å². The molecule has 2 aromatic rings. The number of benzene rings is 1. The molecule has 4 atom stereocenters. The van der Waals surface area contributed by atoms with E-state index >= 15 is 0 Å². The van der Waals surface area contributed by atoms with Crippen molar-refractivity contribution in [2.45, 2.75) is 38.0 Å². The normalized spacial score (nSPS) is 25.3. The average molecular weight is 433 g/mol. The molecule has 1 amide bonds. The molecule has 0 radical (unpaired) electrons. The molecule has 1 heterocycles. The summed E-state index contributed by atoms with van der Waals surface area (Å²) in [5.41, 5.74) is 1.60. The second-order valence-corrected chi connectivity index (χ2v) is 9.75. The second kappa shape index (κ2) is 7.42. The van der Waals surface area contributed by atoms with E-state index in [9.17, 15) is 23.1 Å². The van der Waals surface area contributed by atoms with Gasteiger partial charge in [0.2, 0.25) is 11.8 Å². The molecule has 30 heavy (non-hydrogen) atoms. The van der Waals surface area contributed by atoms with E-state index in [4.69, 9.17) is 4.52 Å². The largest absolute Gasteiger partial charge is 0.481 e. The van der Waals surface area contributed by atoms with E-state index in [-0.39, 0.29) is 28.5 Å². The molecule has 2 fully saturated rings. The first kappa shape index (κ1) is 20.4. The minimum Gasteiger partial charge on any atom is -0.481 e. The number of aromatic nitrogens is 1. The van der Waals surface area contributed by atoms with Gasteiger partial charge in [0.25, 0.3) is 10.0 Å². The molecule has 160 valence electrons. The van der Waals surface area contributed by atoms with E-state index in [1.165, 1.54) is 24.3 Å². The van der Waals surface area contributed by atoms with Gasteiger partial charge in [-0.05, 0) is 69.2 Å². The van der Waals surface area contributed by atoms with Crippen LogP contribution in [-0.4, -0.2) is 30.6 Å². The Kier molecular flexibility index (Phi) is 5.05. The average Bonchev–Trinajstić information content (AvgIpc) is 3.39. The van der Waals surface area contributed by atoms with Crippen LogP contribution >= 0.6 is 0 Å². The number of aryl methyl sites for hydroxylation is 1. The molecule has 1 aromatic heterocycles. The highest BCUT2D eigenvalue weighted by Gasteiger charge is 2.53. The molecule has 9 nitrogen and oxygen atoms in total. The lowest BCUT2D eigenvalue weighted by Gasteiger charge is -2.27. The highest BCUT2D eigenvalue weighted by molar-refractivity contribution is 7.92. The number of sulfonamides is 1. The van der Waals surface area contributed by atoms with Gasteiger partial charge in [-0.3, -0.25) is 9.59 Å². The first-order chi connectivity index (χ1) is 14.2. The Hall–Kier alpha value is -2.88. The van der Waals surface area contributed by atoms with Crippen molar-refractivity contribution in [3.05, 3.63) is 35.5 Å². The number of hydrogen-bond acceptors (Lipinski definition) is 6. The van der Waals surface area contributed by atoms with Crippen molar-refractivity contribution in [3.8, 4) is 0 Å². The van der Waals surface area contributed by atoms with E-state index in [0.29, 0.717) is 16.9 Å². The number of rotatable bonds is 6. The van der Waals surface area contributed by atoms with Crippen LogP contribution in [0.5, 0.6) is 0 Å². The number of carboxylic acid groups (broad SMARTS) is 1. The molecule has 0 aliphatic heterocycles. The van der Waals surface area contributed by atoms with Crippen molar-refractivity contribution in [1.82, 2.24) is 5.16 Å². The van der Waals surface area contributed by atoms with Crippen molar-refractivity contribution >= 4 is 33.5 Å². The molecule has 2 bridgehead atoms. The van der Waals surface area contributed by atoms with Crippen LogP contribution < -0.4 is 10.0 Å². The van der Waals surface area contributed by atoms with Crippen molar-refractivity contribution in [3.63, 3.8) is 0 Å². The lowest BCUT2D eigenvalue weighted by molar-refractivity contribution is -0.148. The van der Waals surface area contributed by atoms with Gasteiger partial charge in [0.05, 0.1) is 22.4 Å². The Balaban J connectivity index is 1.46. The van der Waals surface area contributed by atoms with Crippen LogP contribution in [-0.2, 0) is 19.6 Å². The highest BCUT2D eigenvalue weighted by atomic mass is 32.2. The zero-order valence-corrected chi connectivity index (χ0v) is 17.4. The molecule has 2 aliphatic carbocycles. The number of fused-ring (bicyclic) bond motifs is 2. The summed E-state index contributed by atoms with van der Waals surface area (Å²) in [5, 5.41) is 16.0. The van der Waals surface area contributed by atoms with Crippen LogP contribution in [0.1, 0.15) is 30.5 Å². The summed E-state index contributed by atoms with van der Waals surface area (Å²) in [6.07, 6.45) is 2.50. The van der Waals surface area contributed by atoms with Gasteiger partial charge in [-0.25, -0.2) is 13.1 Å². The molecule has 0 saturated heterocycles. The topological polar surface area (TPSA) is 139 Å². The first-order valence-corrected chi connectivity index (χ1v) is 11.2. The van der Waals surface area contributed by atoms with Crippen molar-refractivity contribution in [2.24, 2.45) is 23.7 Å². The third-order valence-corrected chi connectivity index (χ3v) is 7.67. The van der Waals surface area contributed by atoms with Gasteiger partial charge < -0.3 is 14.9 Å². The minimum absolute atomic E-state index is 0.00251. The van der Waals surface area contributed by atoms with Gasteiger partial charge >= 0.3 is 5.97 Å². The molecule has 4 rings (SSSR count). The number of amides is 1. The molecule has 0 unspecified atom stereocenters. The number of carboxylic acids is 1. The van der Waals surface area contributed by atoms with Crippen LogP contribution in [0, 0.1) is 37.5 Å². The smallest absolute Gasteiger partial charge is 0.307 e. The van der Waals surface area contributed by atoms with Gasteiger partial charge in [-0.1, -0.05) is 5.16 Å². The van der Waals surface area contributed by atoms with Gasteiger partial charge in [0.15, 0.2) is 0 Å². The Morgan fingerprint density at radius 3 is 2.30 bits per heavy atom. The zero-order chi connectivity index (χ0) is 21.6. The Labute approximate surface area is 173 Å². The zero-order valence-electron chi connectivity index (χ0n) is 16.6. The van der Waals surface area contributed by atoms with E-state index in [0.717, 1.165) is 19.3 Å². The fraction of sp³-hybridized carbons (Fsp3) is 0.450. The summed E-state index contributed by atoms with van der Waals surface area (Å²) in [6.45, 7) is 3.40. The molecule has 1 aromatic carbocycles. The number of nitrogens with zero attached hydrogens (tertiary/aromatic N) is 1. The lowest BCUT2D eigenvalue weighted by Crippen LogP contribution is -2.37. The maximum Gasteiger partial charge on any atom is 0.307 e. The standard InChI is InChI=1S/C20H23N3O6S/c1-10-11(2)22-29-19(10)23-30(27,28)15-7-5-14(6-8-15)21-18(24)16-12-3-4-13(9-12)17(16)20(25)26/h5-8,12-13,16-17,23H,3-4,9H2,1-2H3,(H,21,24)(H,25,26)/t12-,13-,16-,17-/m0/s1. The van der Waals surface area contributed by atoms with Crippen molar-refractivity contribution in [1.29, 1.82) is 0 Å². The second-order valence-electron chi connectivity index (χ2n) is 8.06. The number of carbonyl (C=O) groups is 2. The fourth-order valence-electron chi connectivity index (χ4n) is 4.66. The number of nitrogens with one attached hydrogen (secondary N) is 2. The Morgan fingerprint density at radius 2 is 1.73 bits per heavy atom. The Bertz CT molecular complexity index is 1090. The van der Waals surface area contributed by atoms with Crippen molar-refractivity contribution < 1.29 is 27.6 Å². The predicted molar refractivity (Wildman–Crippen MR) is 107 cm³/mol. The van der Waals surface area contributed by atoms with E-state index < -0.39 is 27.8 Å². The molecule has 3 N–H and O–H groups in total. The first-order valence-electron chi connectivity index (χ1n) is 9.77. The molecule has 0 spiro atoms. The van der Waals surface area contributed by atoms with E-state index in [1.807, 2.05) is 0 Å².